The standard InChI is InChI=1S/C46H30N8O20S5.5Na/c55-39-21-30(76(63,64)65)16-22-15-27(3-6-31(22)39)48-52-43-41(78(69,70)71)17-23-13-25(1-7-32(23)45(43)56)47-26-2-8-33-24(14-26)18-42(79(72,73)74)44(46(33)57)53-50-37-12-11-36(34-9-5-29(20-35(34)37)75(60,61)62)49-51-38-10-4-28(54(58)59)19-40(38)77(66,67)68;;;;;/h1-21,47,50,55-56H,(H,60,61,62)(H,63,64,65)(H,66,67,68)(H,69,70,71)(H,72,73,74);;;;;/q;5*+1/p-5. The molecule has 0 aromatic heterocycles. The van der Waals surface area contributed by atoms with Crippen LogP contribution in [0.4, 0.5) is 45.5 Å². The molecule has 404 valence electrons. The molecule has 0 amide bonds. The first-order valence-corrected chi connectivity index (χ1v) is 28.5. The van der Waals surface area contributed by atoms with Crippen molar-refractivity contribution in [3.8, 4) is 11.5 Å². The Bertz CT molecular complexity index is 4810. The van der Waals surface area contributed by atoms with Crippen LogP contribution in [0.2, 0.25) is 0 Å². The second-order valence-electron chi connectivity index (χ2n) is 16.6. The average molecular weight is 1290 g/mol. The number of non-ortho nitro benzene ring substituents is 1. The van der Waals surface area contributed by atoms with E-state index in [2.05, 4.69) is 36.3 Å². The van der Waals surface area contributed by atoms with E-state index in [1.54, 1.807) is 0 Å². The number of Topliss-reactive ketones (excluding diaryl/α,β-unsaturated/α-hetero) is 1. The minimum Gasteiger partial charge on any atom is -0.872 e. The number of nitro benzene ring substituents is 1. The van der Waals surface area contributed by atoms with Gasteiger partial charge in [0.1, 0.15) is 51.5 Å². The molecule has 8 aromatic rings. The van der Waals surface area contributed by atoms with Crippen molar-refractivity contribution < 1.29 is 233 Å². The number of benzene rings is 8. The van der Waals surface area contributed by atoms with Gasteiger partial charge in [-0.1, -0.05) is 35.8 Å². The van der Waals surface area contributed by atoms with Gasteiger partial charge in [0.15, 0.2) is 0 Å². The largest absolute Gasteiger partial charge is 1.00 e. The van der Waals surface area contributed by atoms with Gasteiger partial charge in [-0.15, -0.1) is 15.3 Å². The van der Waals surface area contributed by atoms with Crippen LogP contribution >= 0.6 is 0 Å². The average Bonchev–Trinajstić information content (AvgIpc) is 3.40. The molecule has 9 rings (SSSR count). The fourth-order valence-electron chi connectivity index (χ4n) is 7.98. The summed E-state index contributed by atoms with van der Waals surface area (Å²) < 4.78 is 178. The van der Waals surface area contributed by atoms with Gasteiger partial charge in [-0.05, 0) is 118 Å². The maximum absolute atomic E-state index is 14.0. The van der Waals surface area contributed by atoms with E-state index in [1.807, 2.05) is 0 Å². The van der Waals surface area contributed by atoms with Crippen molar-refractivity contribution in [3.05, 3.63) is 147 Å². The third kappa shape index (κ3) is 15.8. The molecule has 4 N–H and O–H groups in total. The summed E-state index contributed by atoms with van der Waals surface area (Å²) in [6.07, 6.45) is 0.819. The third-order valence-electron chi connectivity index (χ3n) is 11.6. The van der Waals surface area contributed by atoms with Gasteiger partial charge >= 0.3 is 148 Å². The van der Waals surface area contributed by atoms with E-state index in [0.717, 1.165) is 60.7 Å². The molecular weight excluding hydrogens is 1260 g/mol. The second-order valence-corrected chi connectivity index (χ2v) is 23.5. The van der Waals surface area contributed by atoms with Gasteiger partial charge < -0.3 is 29.2 Å². The number of carbonyl (C=O) groups is 1. The summed E-state index contributed by atoms with van der Waals surface area (Å²) in [7, 11) is -26.0. The number of nitro groups is 1. The van der Waals surface area contributed by atoms with Gasteiger partial charge in [0.2, 0.25) is 5.78 Å². The van der Waals surface area contributed by atoms with Crippen molar-refractivity contribution in [3.63, 3.8) is 0 Å². The van der Waals surface area contributed by atoms with Crippen LogP contribution in [0.3, 0.4) is 0 Å². The normalized spacial score (nSPS) is 13.3. The Morgan fingerprint density at radius 3 is 1.75 bits per heavy atom. The Labute approximate surface area is 585 Å². The molecular formula is C46H25N8Na5O20S5. The summed E-state index contributed by atoms with van der Waals surface area (Å²) in [5.41, 5.74) is -1.29. The van der Waals surface area contributed by atoms with E-state index in [0.29, 0.717) is 12.1 Å². The number of ketones is 1. The van der Waals surface area contributed by atoms with Crippen LogP contribution in [0, 0.1) is 10.1 Å². The smallest absolute Gasteiger partial charge is 0.872 e. The Kier molecular flexibility index (Phi) is 23.8. The zero-order chi connectivity index (χ0) is 57.3. The molecule has 0 radical (unpaired) electrons. The Balaban J connectivity index is 0.00000303. The van der Waals surface area contributed by atoms with E-state index in [1.165, 1.54) is 54.6 Å². The minimum absolute atomic E-state index is 0. The summed E-state index contributed by atoms with van der Waals surface area (Å²) in [6.45, 7) is 0. The summed E-state index contributed by atoms with van der Waals surface area (Å²) in [5.74, 6) is -2.96. The van der Waals surface area contributed by atoms with Crippen LogP contribution in [0.5, 0.6) is 11.5 Å². The molecule has 8 aromatic carbocycles. The number of carbonyl (C=O) groups excluding carboxylic acids is 1. The number of azo groups is 2. The van der Waals surface area contributed by atoms with Gasteiger partial charge in [-0.3, -0.25) is 29.4 Å². The second kappa shape index (κ2) is 27.6. The first-order valence-electron chi connectivity index (χ1n) is 21.4. The molecule has 0 unspecified atom stereocenters. The van der Waals surface area contributed by atoms with Crippen LogP contribution < -0.4 is 169 Å². The Morgan fingerprint density at radius 2 is 1.12 bits per heavy atom. The predicted octanol–water partition coefficient (Wildman–Crippen LogP) is -8.35. The number of hydrogen-bond donors (Lipinski definition) is 4. The summed E-state index contributed by atoms with van der Waals surface area (Å²) in [6, 6.07) is 21.0. The fraction of sp³-hybridized carbons (Fsp3) is 0. The molecule has 84 heavy (non-hydrogen) atoms. The van der Waals surface area contributed by atoms with Crippen LogP contribution in [0.1, 0.15) is 15.9 Å². The zero-order valence-electron chi connectivity index (χ0n) is 43.6. The quantitative estimate of drug-likeness (QED) is 0.0258. The van der Waals surface area contributed by atoms with Crippen molar-refractivity contribution in [1.29, 1.82) is 0 Å². The molecule has 28 nitrogen and oxygen atoms in total. The van der Waals surface area contributed by atoms with Crippen molar-refractivity contribution >= 4 is 146 Å². The number of rotatable bonds is 14. The first-order chi connectivity index (χ1) is 36.8. The molecule has 0 saturated carbocycles. The fourth-order valence-corrected chi connectivity index (χ4v) is 10.9. The molecule has 0 aliphatic heterocycles. The summed E-state index contributed by atoms with van der Waals surface area (Å²) in [4.78, 5) is 19.5. The number of nitrogens with zero attached hydrogens (tertiary/aromatic N) is 6. The molecule has 0 saturated heterocycles. The third-order valence-corrected chi connectivity index (χ3v) is 15.8. The zero-order valence-corrected chi connectivity index (χ0v) is 57.7. The van der Waals surface area contributed by atoms with Crippen LogP contribution in [-0.2, 0) is 50.6 Å². The molecule has 0 fully saturated rings. The molecule has 0 bridgehead atoms. The molecule has 1 aliphatic rings. The molecule has 0 heterocycles. The van der Waals surface area contributed by atoms with Crippen molar-refractivity contribution in [2.75, 3.05) is 10.7 Å². The van der Waals surface area contributed by atoms with Gasteiger partial charge in [-0.25, -0.2) is 25.3 Å². The van der Waals surface area contributed by atoms with Gasteiger partial charge in [0.25, 0.3) is 25.9 Å². The molecule has 38 heteroatoms. The number of fused-ring (bicyclic) bond motifs is 4. The van der Waals surface area contributed by atoms with E-state index in [-0.39, 0.29) is 220 Å². The maximum atomic E-state index is 14.0. The number of anilines is 3. The van der Waals surface area contributed by atoms with Crippen LogP contribution in [0.25, 0.3) is 38.4 Å². The maximum Gasteiger partial charge on any atom is 1.00 e. The number of allylic oxidation sites excluding steroid dienone is 1. The SMILES string of the molecule is O=C1C(=NNc2ccc(N=Nc3ccc([N+](=O)[O-])cc3S(=O)(=O)O)c3ccc(S(=O)(=O)[O-])cc23)C(S(=O)(=O)[O-])=Cc2cc(Nc3ccc4c([O-])c(N=Nc5ccc6c([O-])cc(S(=O)(=O)[O-])cc6c5)c(S(=O)(=O)O)cc4c3)ccc21.[Na+].[Na+].[Na+].[Na+].[Na+]. The van der Waals surface area contributed by atoms with Crippen LogP contribution in [-0.4, -0.2) is 81.3 Å². The molecule has 1 aliphatic carbocycles. The van der Waals surface area contributed by atoms with Gasteiger partial charge in [-0.2, -0.15) is 27.1 Å². The van der Waals surface area contributed by atoms with Crippen molar-refractivity contribution in [1.82, 2.24) is 0 Å². The predicted molar refractivity (Wildman–Crippen MR) is 271 cm³/mol. The Hall–Kier alpha value is -4.03. The topological polar surface area (TPSA) is 473 Å². The molecule has 0 spiro atoms. The van der Waals surface area contributed by atoms with E-state index < -0.39 is 120 Å². The van der Waals surface area contributed by atoms with Gasteiger partial charge in [0.05, 0.1) is 42.4 Å². The monoisotopic (exact) mass is 1280 g/mol. The summed E-state index contributed by atoms with van der Waals surface area (Å²) >= 11 is 0. The number of hydrazone groups is 1. The van der Waals surface area contributed by atoms with Gasteiger partial charge in [0, 0.05) is 39.8 Å². The number of nitrogens with one attached hydrogen (secondary N) is 2. The molecule has 0 atom stereocenters. The number of hydrogen-bond acceptors (Lipinski definition) is 25. The Morgan fingerprint density at radius 1 is 0.524 bits per heavy atom. The van der Waals surface area contributed by atoms with E-state index >= 15 is 0 Å². The van der Waals surface area contributed by atoms with Crippen molar-refractivity contribution in [2.24, 2.45) is 25.6 Å². The van der Waals surface area contributed by atoms with Crippen LogP contribution in [0.15, 0.2) is 171 Å². The van der Waals surface area contributed by atoms with E-state index in [9.17, 15) is 90.0 Å². The van der Waals surface area contributed by atoms with E-state index in [4.69, 9.17) is 0 Å². The summed E-state index contributed by atoms with van der Waals surface area (Å²) in [5, 5.41) is 59.0. The first kappa shape index (κ1) is 72.4. The van der Waals surface area contributed by atoms with Crippen molar-refractivity contribution in [2.45, 2.75) is 19.6 Å². The minimum atomic E-state index is -5.54.